The summed E-state index contributed by atoms with van der Waals surface area (Å²) in [5.74, 6) is -1.05. The Hall–Kier alpha value is -0.940. The third-order valence-electron chi connectivity index (χ3n) is 1.98. The maximum absolute atomic E-state index is 10.9. The number of hydrogen-bond acceptors (Lipinski definition) is 2. The number of rotatable bonds is 1. The molecule has 0 aliphatic carbocycles. The molecule has 0 amide bonds. The Bertz CT molecular complexity index is 554. The van der Waals surface area contributed by atoms with Crippen LogP contribution in [0.15, 0.2) is 33.2 Å². The third-order valence-corrected chi connectivity index (χ3v) is 4.10. The lowest BCUT2D eigenvalue weighted by Gasteiger charge is -2.05. The fourth-order valence-electron chi connectivity index (χ4n) is 1.29. The number of para-hydroxylation sites is 1. The number of hydrogen-bond donors (Lipinski definition) is 1. The Morgan fingerprint density at radius 1 is 1.20 bits per heavy atom. The number of fused-ring (bicyclic) bond motifs is 1. The van der Waals surface area contributed by atoms with E-state index in [1.54, 1.807) is 6.07 Å². The van der Waals surface area contributed by atoms with Gasteiger partial charge in [-0.1, -0.05) is 18.2 Å². The molecule has 2 rings (SSSR count). The van der Waals surface area contributed by atoms with Crippen LogP contribution >= 0.6 is 31.9 Å². The quantitative estimate of drug-likeness (QED) is 0.871. The Balaban J connectivity index is 2.88. The lowest BCUT2D eigenvalue weighted by molar-refractivity contribution is 0.0690. The summed E-state index contributed by atoms with van der Waals surface area (Å²) < 4.78 is 1.18. The summed E-state index contributed by atoms with van der Waals surface area (Å²) in [5.41, 5.74) is 0.672. The van der Waals surface area contributed by atoms with Crippen LogP contribution in [0.3, 0.4) is 0 Å². The van der Waals surface area contributed by atoms with Crippen LogP contribution in [-0.4, -0.2) is 16.1 Å². The first kappa shape index (κ1) is 10.6. The summed E-state index contributed by atoms with van der Waals surface area (Å²) in [7, 11) is 0. The van der Waals surface area contributed by atoms with E-state index < -0.39 is 5.97 Å². The molecule has 1 aromatic carbocycles. The molecule has 5 heteroatoms. The van der Waals surface area contributed by atoms with Crippen molar-refractivity contribution in [3.63, 3.8) is 0 Å². The van der Waals surface area contributed by atoms with Crippen LogP contribution in [0.25, 0.3) is 10.9 Å². The minimum atomic E-state index is -1.05. The Morgan fingerprint density at radius 3 is 2.53 bits per heavy atom. The number of carbonyl (C=O) groups is 1. The van der Waals surface area contributed by atoms with Crippen LogP contribution in [0.2, 0.25) is 0 Å². The van der Waals surface area contributed by atoms with Crippen LogP contribution < -0.4 is 0 Å². The van der Waals surface area contributed by atoms with Gasteiger partial charge >= 0.3 is 5.97 Å². The molecule has 0 aliphatic rings. The van der Waals surface area contributed by atoms with Gasteiger partial charge in [-0.05, 0) is 37.9 Å². The molecular formula is C10H5Br2NO2. The van der Waals surface area contributed by atoms with Crippen molar-refractivity contribution in [3.8, 4) is 0 Å². The number of benzene rings is 1. The van der Waals surface area contributed by atoms with E-state index >= 15 is 0 Å². The fourth-order valence-corrected chi connectivity index (χ4v) is 2.29. The van der Waals surface area contributed by atoms with Crippen molar-refractivity contribution in [2.45, 2.75) is 0 Å². The first-order valence-electron chi connectivity index (χ1n) is 4.08. The van der Waals surface area contributed by atoms with Crippen molar-refractivity contribution >= 4 is 48.7 Å². The molecule has 0 fully saturated rings. The van der Waals surface area contributed by atoms with Crippen molar-refractivity contribution in [1.82, 2.24) is 4.98 Å². The molecule has 0 spiro atoms. The molecule has 0 radical (unpaired) electrons. The van der Waals surface area contributed by atoms with E-state index in [-0.39, 0.29) is 5.69 Å². The Labute approximate surface area is 102 Å². The molecule has 15 heavy (non-hydrogen) atoms. The van der Waals surface area contributed by atoms with Gasteiger partial charge in [0, 0.05) is 9.86 Å². The topological polar surface area (TPSA) is 50.2 Å². The highest BCUT2D eigenvalue weighted by Gasteiger charge is 2.15. The van der Waals surface area contributed by atoms with Crippen LogP contribution in [0.4, 0.5) is 0 Å². The van der Waals surface area contributed by atoms with E-state index in [1.165, 1.54) is 0 Å². The third kappa shape index (κ3) is 1.77. The van der Waals surface area contributed by atoms with Gasteiger partial charge in [0.2, 0.25) is 0 Å². The molecule has 1 heterocycles. The summed E-state index contributed by atoms with van der Waals surface area (Å²) in [6, 6.07) is 7.35. The molecule has 76 valence electrons. The predicted octanol–water partition coefficient (Wildman–Crippen LogP) is 3.46. The molecule has 0 atom stereocenters. The summed E-state index contributed by atoms with van der Waals surface area (Å²) >= 11 is 6.56. The molecule has 1 N–H and O–H groups in total. The van der Waals surface area contributed by atoms with Crippen molar-refractivity contribution in [1.29, 1.82) is 0 Å². The minimum absolute atomic E-state index is 0.0144. The molecule has 0 aliphatic heterocycles. The van der Waals surface area contributed by atoms with Gasteiger partial charge in [-0.15, -0.1) is 0 Å². The number of carboxylic acids is 1. The maximum Gasteiger partial charge on any atom is 0.355 e. The predicted molar refractivity (Wildman–Crippen MR) is 64.1 cm³/mol. The average Bonchev–Trinajstić information content (AvgIpc) is 2.23. The number of halogens is 2. The van der Waals surface area contributed by atoms with E-state index in [9.17, 15) is 4.79 Å². The lowest BCUT2D eigenvalue weighted by Crippen LogP contribution is -2.02. The first-order valence-corrected chi connectivity index (χ1v) is 5.67. The second-order valence-corrected chi connectivity index (χ2v) is 4.50. The van der Waals surface area contributed by atoms with Gasteiger partial charge < -0.3 is 5.11 Å². The van der Waals surface area contributed by atoms with E-state index in [1.807, 2.05) is 18.2 Å². The van der Waals surface area contributed by atoms with Gasteiger partial charge in [0.05, 0.1) is 9.99 Å². The fraction of sp³-hybridized carbons (Fsp3) is 0. The number of aromatic nitrogens is 1. The van der Waals surface area contributed by atoms with Gasteiger partial charge in [-0.3, -0.25) is 0 Å². The highest BCUT2D eigenvalue weighted by Crippen LogP contribution is 2.32. The molecular weight excluding hydrogens is 326 g/mol. The zero-order valence-electron chi connectivity index (χ0n) is 7.37. The number of pyridine rings is 1. The van der Waals surface area contributed by atoms with Gasteiger partial charge in [-0.2, -0.15) is 0 Å². The smallest absolute Gasteiger partial charge is 0.355 e. The summed E-state index contributed by atoms with van der Waals surface area (Å²) in [4.78, 5) is 15.0. The molecule has 1 aromatic heterocycles. The minimum Gasteiger partial charge on any atom is -0.476 e. The largest absolute Gasteiger partial charge is 0.476 e. The number of carboxylic acid groups (broad SMARTS) is 1. The Morgan fingerprint density at radius 2 is 1.87 bits per heavy atom. The number of aromatic carboxylic acids is 1. The highest BCUT2D eigenvalue weighted by atomic mass is 79.9. The molecule has 0 bridgehead atoms. The second-order valence-electron chi connectivity index (χ2n) is 2.91. The van der Waals surface area contributed by atoms with Crippen LogP contribution in [0.1, 0.15) is 10.5 Å². The van der Waals surface area contributed by atoms with E-state index in [0.717, 1.165) is 5.39 Å². The van der Waals surface area contributed by atoms with E-state index in [4.69, 9.17) is 5.11 Å². The van der Waals surface area contributed by atoms with E-state index in [0.29, 0.717) is 14.5 Å². The number of nitrogens with zero attached hydrogens (tertiary/aromatic N) is 1. The molecule has 0 saturated heterocycles. The van der Waals surface area contributed by atoms with Crippen LogP contribution in [-0.2, 0) is 0 Å². The zero-order valence-corrected chi connectivity index (χ0v) is 10.5. The summed E-state index contributed by atoms with van der Waals surface area (Å²) in [6.07, 6.45) is 0. The van der Waals surface area contributed by atoms with Crippen LogP contribution in [0, 0.1) is 0 Å². The normalized spacial score (nSPS) is 10.5. The lowest BCUT2D eigenvalue weighted by atomic mass is 10.2. The van der Waals surface area contributed by atoms with Gasteiger partial charge in [0.1, 0.15) is 0 Å². The monoisotopic (exact) mass is 329 g/mol. The van der Waals surface area contributed by atoms with Crippen LogP contribution in [0.5, 0.6) is 0 Å². The second kappa shape index (κ2) is 3.90. The van der Waals surface area contributed by atoms with Gasteiger partial charge in [0.25, 0.3) is 0 Å². The first-order chi connectivity index (χ1) is 7.11. The summed E-state index contributed by atoms with van der Waals surface area (Å²) in [5, 5.41) is 9.82. The SMILES string of the molecule is O=C(O)c1nc2ccccc2c(Br)c1Br. The molecule has 3 nitrogen and oxygen atoms in total. The zero-order chi connectivity index (χ0) is 11.0. The standard InChI is InChI=1S/C10H5Br2NO2/c11-7-5-3-1-2-4-6(5)13-9(8(7)12)10(14)15/h1-4H,(H,14,15). The highest BCUT2D eigenvalue weighted by molar-refractivity contribution is 9.13. The average molecular weight is 331 g/mol. The van der Waals surface area contributed by atoms with Gasteiger partial charge in [0.15, 0.2) is 5.69 Å². The molecule has 2 aromatic rings. The van der Waals surface area contributed by atoms with Crippen molar-refractivity contribution in [3.05, 3.63) is 38.9 Å². The summed E-state index contributed by atoms with van der Waals surface area (Å²) in [6.45, 7) is 0. The maximum atomic E-state index is 10.9. The van der Waals surface area contributed by atoms with E-state index in [2.05, 4.69) is 36.8 Å². The van der Waals surface area contributed by atoms with Crippen molar-refractivity contribution in [2.75, 3.05) is 0 Å². The van der Waals surface area contributed by atoms with Gasteiger partial charge in [-0.25, -0.2) is 9.78 Å². The Kier molecular flexibility index (Phi) is 2.75. The molecule has 0 unspecified atom stereocenters. The van der Waals surface area contributed by atoms with Crippen molar-refractivity contribution < 1.29 is 9.90 Å². The van der Waals surface area contributed by atoms with Crippen molar-refractivity contribution in [2.24, 2.45) is 0 Å². The molecule has 0 saturated carbocycles.